The molecule has 0 radical (unpaired) electrons. The van der Waals surface area contributed by atoms with Crippen molar-refractivity contribution >= 4 is 11.5 Å². The van der Waals surface area contributed by atoms with E-state index in [4.69, 9.17) is 14.9 Å². The first kappa shape index (κ1) is 21.4. The average Bonchev–Trinajstić information content (AvgIpc) is 3.08. The number of halogens is 1. The van der Waals surface area contributed by atoms with Crippen molar-refractivity contribution < 1.29 is 28.9 Å². The third-order valence-corrected chi connectivity index (χ3v) is 9.06. The van der Waals surface area contributed by atoms with E-state index in [9.17, 15) is 15.0 Å². The summed E-state index contributed by atoms with van der Waals surface area (Å²) >= 11 is 0. The van der Waals surface area contributed by atoms with Gasteiger partial charge in [-0.05, 0) is 62.7 Å². The largest absolute Gasteiger partial charge is 0.393 e. The van der Waals surface area contributed by atoms with Crippen molar-refractivity contribution in [3.8, 4) is 0 Å². The summed E-state index contributed by atoms with van der Waals surface area (Å²) < 4.78 is 28.0. The smallest absolute Gasteiger partial charge is 0.193 e. The van der Waals surface area contributed by atoms with Crippen LogP contribution in [0.15, 0.2) is 23.8 Å². The Morgan fingerprint density at radius 3 is 2.68 bits per heavy atom. The molecule has 7 heteroatoms. The van der Waals surface area contributed by atoms with Crippen molar-refractivity contribution in [2.75, 3.05) is 6.61 Å². The van der Waals surface area contributed by atoms with Crippen LogP contribution in [0.4, 0.5) is 4.39 Å². The summed E-state index contributed by atoms with van der Waals surface area (Å²) in [5.41, 5.74) is -1.98. The third kappa shape index (κ3) is 2.52. The molecular formula is C24H32FNO5. The molecule has 1 heterocycles. The molecule has 9 atom stereocenters. The molecule has 4 aliphatic carbocycles. The fourth-order valence-corrected chi connectivity index (χ4v) is 8.07. The van der Waals surface area contributed by atoms with E-state index in [1.807, 2.05) is 19.9 Å². The number of aliphatic hydroxyl groups is 2. The van der Waals surface area contributed by atoms with Crippen LogP contribution in [-0.4, -0.2) is 58.1 Å². The second-order valence-electron chi connectivity index (χ2n) is 11.0. The number of allylic oxidation sites excluding steroid dienone is 4. The third-order valence-electron chi connectivity index (χ3n) is 9.06. The van der Waals surface area contributed by atoms with Gasteiger partial charge in [0.15, 0.2) is 17.2 Å². The van der Waals surface area contributed by atoms with Crippen LogP contribution in [0.1, 0.15) is 47.0 Å². The molecule has 1 saturated heterocycles. The molecule has 6 nitrogen and oxygen atoms in total. The van der Waals surface area contributed by atoms with Crippen LogP contribution in [0.3, 0.4) is 0 Å². The summed E-state index contributed by atoms with van der Waals surface area (Å²) in [6, 6.07) is 0. The first-order chi connectivity index (χ1) is 14.4. The molecule has 3 N–H and O–H groups in total. The van der Waals surface area contributed by atoms with Crippen molar-refractivity contribution in [3.63, 3.8) is 0 Å². The van der Waals surface area contributed by atoms with Crippen molar-refractivity contribution in [2.45, 2.75) is 76.7 Å². The lowest BCUT2D eigenvalue weighted by Crippen LogP contribution is -2.64. The Hall–Kier alpha value is -1.41. The fourth-order valence-electron chi connectivity index (χ4n) is 8.07. The number of Topliss-reactive ketones (excluding diaryl/α,β-unsaturated/α-hetero) is 1. The molecule has 0 aromatic heterocycles. The van der Waals surface area contributed by atoms with E-state index in [-0.39, 0.29) is 29.9 Å². The first-order valence-electron chi connectivity index (χ1n) is 11.2. The van der Waals surface area contributed by atoms with E-state index >= 15 is 4.39 Å². The summed E-state index contributed by atoms with van der Waals surface area (Å²) in [5.74, 6) is -1.89. The number of ether oxygens (including phenoxy) is 2. The SMILES string of the molecule is CC1(C)O[C@@H]2C[C@H]3[C@@H]4C[C@H](F)C5=CC(=N)C=C[C@]5(C)[C@H]4[C@@H](O)C[C@]3(C)[C@]2(C(=O)CO)O1. The van der Waals surface area contributed by atoms with Gasteiger partial charge in [0.05, 0.1) is 17.9 Å². The summed E-state index contributed by atoms with van der Waals surface area (Å²) in [7, 11) is 0. The predicted molar refractivity (Wildman–Crippen MR) is 111 cm³/mol. The number of ketones is 1. The molecule has 5 rings (SSSR count). The average molecular weight is 434 g/mol. The summed E-state index contributed by atoms with van der Waals surface area (Å²) in [5, 5.41) is 29.3. The summed E-state index contributed by atoms with van der Waals surface area (Å²) in [4.78, 5) is 13.2. The number of carbonyl (C=O) groups excluding carboxylic acids is 1. The standard InChI is InChI=1S/C24H32FNO5/c1-21(2)30-19-9-14-13-8-16(25)15-7-12(26)5-6-22(15,3)20(13)17(28)10-23(14,4)24(19,31-21)18(29)11-27/h5-7,13-14,16-17,19-20,26-28H,8-11H2,1-4H3/t13-,14-,16-,17-,19+,20+,22-,23-,24+/m0/s1. The number of fused-ring (bicyclic) bond motifs is 7. The van der Waals surface area contributed by atoms with Crippen LogP contribution >= 0.6 is 0 Å². The van der Waals surface area contributed by atoms with E-state index in [1.165, 1.54) is 0 Å². The Bertz CT molecular complexity index is 914. The Morgan fingerprint density at radius 1 is 1.29 bits per heavy atom. The van der Waals surface area contributed by atoms with Gasteiger partial charge >= 0.3 is 0 Å². The Labute approximate surface area is 182 Å². The van der Waals surface area contributed by atoms with Gasteiger partial charge in [-0.3, -0.25) is 4.79 Å². The minimum absolute atomic E-state index is 0.0936. The fraction of sp³-hybridized carbons (Fsp3) is 0.750. The van der Waals surface area contributed by atoms with Gasteiger partial charge in [0, 0.05) is 16.7 Å². The van der Waals surface area contributed by atoms with Gasteiger partial charge in [-0.2, -0.15) is 0 Å². The maximum atomic E-state index is 15.5. The van der Waals surface area contributed by atoms with Crippen LogP contribution in [-0.2, 0) is 14.3 Å². The number of hydrogen-bond donors (Lipinski definition) is 3. The highest BCUT2D eigenvalue weighted by Crippen LogP contribution is 2.70. The van der Waals surface area contributed by atoms with E-state index in [0.29, 0.717) is 18.4 Å². The van der Waals surface area contributed by atoms with Gasteiger partial charge < -0.3 is 25.1 Å². The zero-order chi connectivity index (χ0) is 22.6. The van der Waals surface area contributed by atoms with Gasteiger partial charge in [-0.1, -0.05) is 19.9 Å². The van der Waals surface area contributed by atoms with Gasteiger partial charge in [-0.25, -0.2) is 4.39 Å². The molecule has 1 aliphatic heterocycles. The van der Waals surface area contributed by atoms with E-state index in [1.54, 1.807) is 26.0 Å². The van der Waals surface area contributed by atoms with Crippen molar-refractivity contribution in [2.24, 2.45) is 28.6 Å². The monoisotopic (exact) mass is 433 g/mol. The van der Waals surface area contributed by atoms with E-state index < -0.39 is 53.0 Å². The highest BCUT2D eigenvalue weighted by Gasteiger charge is 2.77. The van der Waals surface area contributed by atoms with Crippen LogP contribution in [0.5, 0.6) is 0 Å². The van der Waals surface area contributed by atoms with E-state index in [2.05, 4.69) is 0 Å². The lowest BCUT2D eigenvalue weighted by Gasteiger charge is -2.60. The topological polar surface area (TPSA) is 99.8 Å². The minimum atomic E-state index is -1.35. The maximum Gasteiger partial charge on any atom is 0.193 e. The number of carbonyl (C=O) groups is 1. The van der Waals surface area contributed by atoms with Gasteiger partial charge in [0.25, 0.3) is 0 Å². The Kier molecular flexibility index (Phi) is 4.38. The Morgan fingerprint density at radius 2 is 2.00 bits per heavy atom. The van der Waals surface area contributed by atoms with Gasteiger partial charge in [0.1, 0.15) is 12.8 Å². The lowest BCUT2D eigenvalue weighted by atomic mass is 9.46. The molecular weight excluding hydrogens is 401 g/mol. The van der Waals surface area contributed by atoms with Crippen LogP contribution in [0, 0.1) is 34.0 Å². The predicted octanol–water partition coefficient (Wildman–Crippen LogP) is 2.73. The van der Waals surface area contributed by atoms with Gasteiger partial charge in [0.2, 0.25) is 0 Å². The second-order valence-corrected chi connectivity index (χ2v) is 11.0. The van der Waals surface area contributed by atoms with Crippen LogP contribution in [0.2, 0.25) is 0 Å². The normalized spacial score (nSPS) is 52.1. The molecule has 0 bridgehead atoms. The Balaban J connectivity index is 1.62. The quantitative estimate of drug-likeness (QED) is 0.622. The number of aliphatic hydroxyl groups excluding tert-OH is 2. The highest BCUT2D eigenvalue weighted by molar-refractivity contribution is 6.03. The molecule has 4 fully saturated rings. The van der Waals surface area contributed by atoms with Gasteiger partial charge in [-0.15, -0.1) is 0 Å². The molecule has 0 amide bonds. The number of hydrogen-bond acceptors (Lipinski definition) is 6. The molecule has 0 aromatic carbocycles. The van der Waals surface area contributed by atoms with Crippen molar-refractivity contribution in [3.05, 3.63) is 23.8 Å². The summed E-state index contributed by atoms with van der Waals surface area (Å²) in [6.45, 7) is 6.76. The number of rotatable bonds is 2. The van der Waals surface area contributed by atoms with Crippen molar-refractivity contribution in [1.29, 1.82) is 5.41 Å². The lowest BCUT2D eigenvalue weighted by molar-refractivity contribution is -0.226. The highest BCUT2D eigenvalue weighted by atomic mass is 19.1. The first-order valence-corrected chi connectivity index (χ1v) is 11.2. The molecule has 0 unspecified atom stereocenters. The van der Waals surface area contributed by atoms with Crippen molar-refractivity contribution in [1.82, 2.24) is 0 Å². The molecule has 0 aromatic rings. The molecule has 3 saturated carbocycles. The van der Waals surface area contributed by atoms with Crippen LogP contribution in [0.25, 0.3) is 0 Å². The molecule has 5 aliphatic rings. The van der Waals surface area contributed by atoms with E-state index in [0.717, 1.165) is 0 Å². The molecule has 0 spiro atoms. The maximum absolute atomic E-state index is 15.5. The zero-order valence-corrected chi connectivity index (χ0v) is 18.5. The molecule has 170 valence electrons. The summed E-state index contributed by atoms with van der Waals surface area (Å²) in [6.07, 6.45) is 3.72. The van der Waals surface area contributed by atoms with Crippen LogP contribution < -0.4 is 0 Å². The minimum Gasteiger partial charge on any atom is -0.393 e. The second kappa shape index (κ2) is 6.34. The molecule has 31 heavy (non-hydrogen) atoms. The number of nitrogens with one attached hydrogen (secondary N) is 1. The zero-order valence-electron chi connectivity index (χ0n) is 18.5. The number of alkyl halides is 1.